The molecule has 3 saturated heterocycles. The van der Waals surface area contributed by atoms with Crippen LogP contribution in [0.1, 0.15) is 114 Å². The molecule has 3 amide bonds. The van der Waals surface area contributed by atoms with Crippen molar-refractivity contribution in [2.45, 2.75) is 105 Å². The summed E-state index contributed by atoms with van der Waals surface area (Å²) < 4.78 is 19.9. The van der Waals surface area contributed by atoms with E-state index in [1.165, 1.54) is 35.8 Å². The van der Waals surface area contributed by atoms with Crippen molar-refractivity contribution in [3.05, 3.63) is 326 Å². The second kappa shape index (κ2) is 38.4. The van der Waals surface area contributed by atoms with E-state index < -0.39 is 22.5 Å². The molecule has 646 valence electrons. The summed E-state index contributed by atoms with van der Waals surface area (Å²) in [4.78, 5) is 115. The van der Waals surface area contributed by atoms with Crippen molar-refractivity contribution >= 4 is 154 Å². The second-order valence-corrected chi connectivity index (χ2v) is 34.7. The minimum Gasteiger partial charge on any atom is -0.398 e. The van der Waals surface area contributed by atoms with Crippen molar-refractivity contribution in [1.29, 1.82) is 0 Å². The van der Waals surface area contributed by atoms with Gasteiger partial charge >= 0.3 is 0 Å². The molecule has 3 atom stereocenters. The molecule has 20 nitrogen and oxygen atoms in total. The quantitative estimate of drug-likeness (QED) is 0.0419. The molecule has 3 aliphatic heterocycles. The molecule has 9 aromatic carbocycles. The lowest BCUT2D eigenvalue weighted by atomic mass is 9.97. The summed E-state index contributed by atoms with van der Waals surface area (Å²) in [5, 5.41) is 3.75. The fourth-order valence-corrected chi connectivity index (χ4v) is 18.6. The Morgan fingerprint density at radius 2 is 0.764 bits per heavy atom. The van der Waals surface area contributed by atoms with Gasteiger partial charge in [-0.25, -0.2) is 18.9 Å². The maximum atomic E-state index is 15.2. The van der Waals surface area contributed by atoms with Crippen LogP contribution in [0.2, 0.25) is 25.1 Å². The molecule has 26 heteroatoms. The van der Waals surface area contributed by atoms with Gasteiger partial charge in [0.25, 0.3) is 33.7 Å². The van der Waals surface area contributed by atoms with E-state index in [4.69, 9.17) is 83.5 Å². The number of Topliss-reactive ketones (excluding diaryl/α,β-unsaturated/α-hetero) is 1. The molecule has 0 saturated carbocycles. The minimum absolute atomic E-state index is 0.00231. The van der Waals surface area contributed by atoms with Gasteiger partial charge in [-0.05, 0) is 183 Å². The monoisotopic (exact) mass is 1790 g/mol. The number of amides is 3. The van der Waals surface area contributed by atoms with E-state index in [2.05, 4.69) is 62.0 Å². The summed E-state index contributed by atoms with van der Waals surface area (Å²) in [5.41, 5.74) is 17.4. The first kappa shape index (κ1) is 91.7. The number of hydrogen-bond acceptors (Lipinski definition) is 11. The van der Waals surface area contributed by atoms with Gasteiger partial charge in [-0.1, -0.05) is 192 Å². The summed E-state index contributed by atoms with van der Waals surface area (Å²) in [6.45, 7) is 58.7. The number of nitrogen functional groups attached to an aromatic ring is 1. The number of benzene rings is 9. The number of para-hydroxylation sites is 3. The summed E-state index contributed by atoms with van der Waals surface area (Å²) in [6, 6.07) is 50.0. The largest absolute Gasteiger partial charge is 0.398 e. The summed E-state index contributed by atoms with van der Waals surface area (Å²) >= 11 is 33.2. The molecule has 6 heterocycles. The number of carbonyl (C=O) groups excluding carboxylic acids is 4. The Hall–Kier alpha value is -13.0. The van der Waals surface area contributed by atoms with Crippen molar-refractivity contribution in [2.75, 3.05) is 79.3 Å². The standard InChI is InChI=1S/C35H33ClN4O3.C33H29Cl2FN4O2.C33H31Cl2N5O2/c1-7-32(42)38-15-16-39(22(4)20-38)34-28-18-29(36)27(25-12-10-11-24(17-25)23(5)41)19-31(28)40(35(43)33(34)37-6)30-14-9-8-13-26(30)21(2)3;1-6-30(41)38-13-14-39(20(4)18-38)32-25-16-26(35)24(23-12-11-21(34)15-27(23)36)17-29(25)40(33(42)31(32)37-5)28-10-8-7-9-22(28)19(2)3;1-6-30(41)38-13-14-39(20(4)18-38)32-25-16-26(35)23(24-15-21(34)11-12-27(24)36)17-29(25)40(33(42)31(32)37-5)28-10-8-7-9-22(28)19(2)3/h7-14,17-19,21-22H,1,15-16,20H2,2-5H3;6-12,15-17,19-20H,1,13-14,18H2,2-4H3;6-12,15-17,19-20H,1,13-14,18,36H2,2-4H3/t22-;2*20-/m000/s1. The Bertz CT molecular complexity index is 6850. The SMILES string of the molecule is [C-]#[N+]c1c(N2CCN(C(=O)C=C)C[C@@H]2C)c2cc(Cl)c(-c3cc(Cl)ccc3N)cc2n(-c2ccccc2C(C)C)c1=O.[C-]#[N+]c1c(N2CCN(C(=O)C=C)C[C@@H]2C)c2cc(Cl)c(-c3ccc(Cl)cc3F)cc2n(-c2ccccc2C(C)C)c1=O.[C-]#[N+]c1c(N2CCN(C(=O)C=C)C[C@@H]2C)c2cc(Cl)c(-c3cccc(C(C)=O)c3)cc2n(-c2ccccc2C(C)C)c1=O. The lowest BCUT2D eigenvalue weighted by molar-refractivity contribution is -0.127. The molecule has 0 radical (unpaired) electrons. The van der Waals surface area contributed by atoms with Crippen molar-refractivity contribution in [1.82, 2.24) is 28.4 Å². The van der Waals surface area contributed by atoms with Crippen LogP contribution in [0.3, 0.4) is 0 Å². The van der Waals surface area contributed by atoms with Gasteiger partial charge in [0, 0.05) is 157 Å². The first-order valence-corrected chi connectivity index (χ1v) is 43.4. The van der Waals surface area contributed by atoms with Gasteiger partial charge in [0.05, 0.1) is 70.4 Å². The van der Waals surface area contributed by atoms with Gasteiger partial charge < -0.3 is 35.1 Å². The number of anilines is 4. The third-order valence-electron chi connectivity index (χ3n) is 23.7. The average molecular weight is 1800 g/mol. The van der Waals surface area contributed by atoms with E-state index in [9.17, 15) is 33.6 Å². The Balaban J connectivity index is 0.000000163. The molecule has 0 aliphatic carbocycles. The fraction of sp³-hybridized carbons (Fsp3) is 0.248. The molecule has 0 bridgehead atoms. The van der Waals surface area contributed by atoms with Crippen molar-refractivity contribution in [3.8, 4) is 50.4 Å². The van der Waals surface area contributed by atoms with Crippen molar-refractivity contribution in [3.63, 3.8) is 0 Å². The number of aromatic nitrogens is 3. The lowest BCUT2D eigenvalue weighted by Crippen LogP contribution is -2.53. The van der Waals surface area contributed by atoms with Gasteiger partial charge in [-0.3, -0.25) is 47.3 Å². The predicted molar refractivity (Wildman–Crippen MR) is 516 cm³/mol. The Labute approximate surface area is 762 Å². The minimum atomic E-state index is -0.546. The first-order valence-electron chi connectivity index (χ1n) is 41.5. The zero-order chi connectivity index (χ0) is 91.6. The number of carbonyl (C=O) groups is 4. The van der Waals surface area contributed by atoms with E-state index in [1.807, 2.05) is 152 Å². The van der Waals surface area contributed by atoms with Crippen LogP contribution >= 0.6 is 58.0 Å². The first-order chi connectivity index (χ1) is 60.7. The number of nitrogens with two attached hydrogens (primary N) is 1. The van der Waals surface area contributed by atoms with E-state index in [0.29, 0.717) is 174 Å². The number of ketones is 1. The van der Waals surface area contributed by atoms with E-state index in [1.54, 1.807) is 84.5 Å². The molecule has 0 unspecified atom stereocenters. The molecule has 12 aromatic rings. The molecule has 127 heavy (non-hydrogen) atoms. The summed E-state index contributed by atoms with van der Waals surface area (Å²) in [7, 11) is 0. The molecule has 3 fully saturated rings. The van der Waals surface area contributed by atoms with Crippen LogP contribution < -0.4 is 37.1 Å². The van der Waals surface area contributed by atoms with E-state index in [-0.39, 0.29) is 92.1 Å². The van der Waals surface area contributed by atoms with Crippen LogP contribution in [0.25, 0.3) is 97.7 Å². The highest BCUT2D eigenvalue weighted by atomic mass is 35.5. The molecular weight excluding hydrogens is 1700 g/mol. The van der Waals surface area contributed by atoms with Gasteiger partial charge in [0.1, 0.15) is 5.82 Å². The highest BCUT2D eigenvalue weighted by molar-refractivity contribution is 6.36. The van der Waals surface area contributed by atoms with Crippen LogP contribution in [0.5, 0.6) is 0 Å². The number of fused-ring (bicyclic) bond motifs is 3. The van der Waals surface area contributed by atoms with Gasteiger partial charge in [0.2, 0.25) is 17.7 Å². The fourth-order valence-electron chi connectivity index (χ4n) is 17.4. The zero-order valence-electron chi connectivity index (χ0n) is 71.9. The van der Waals surface area contributed by atoms with Crippen LogP contribution in [-0.2, 0) is 14.4 Å². The van der Waals surface area contributed by atoms with Gasteiger partial charge in [0.15, 0.2) is 5.78 Å². The predicted octanol–water partition coefficient (Wildman–Crippen LogP) is 22.9. The number of piperazine rings is 3. The van der Waals surface area contributed by atoms with Crippen LogP contribution in [0.15, 0.2) is 222 Å². The molecule has 0 spiro atoms. The smallest absolute Gasteiger partial charge is 0.274 e. The zero-order valence-corrected chi connectivity index (χ0v) is 75.7. The van der Waals surface area contributed by atoms with Crippen LogP contribution in [0, 0.1) is 25.5 Å². The third-order valence-corrected chi connectivity index (χ3v) is 25.1. The number of pyridine rings is 3. The summed E-state index contributed by atoms with van der Waals surface area (Å²) in [6.07, 6.45) is 3.89. The normalized spacial score (nSPS) is 15.2. The highest BCUT2D eigenvalue weighted by Crippen LogP contribution is 2.48. The molecule has 3 aliphatic rings. The number of hydrogen-bond donors (Lipinski definition) is 1. The number of nitrogens with zero attached hydrogens (tertiary/aromatic N) is 12. The summed E-state index contributed by atoms with van der Waals surface area (Å²) in [5.74, 6) is -0.769. The second-order valence-electron chi connectivity index (χ2n) is 32.6. The highest BCUT2D eigenvalue weighted by Gasteiger charge is 2.37. The third kappa shape index (κ3) is 17.9. The lowest BCUT2D eigenvalue weighted by Gasteiger charge is -2.42. The van der Waals surface area contributed by atoms with Crippen LogP contribution in [-0.4, -0.2) is 129 Å². The molecule has 3 aromatic heterocycles. The average Bonchev–Trinajstić information content (AvgIpc) is 0.735. The van der Waals surface area contributed by atoms with Gasteiger partial charge in [-0.2, -0.15) is 0 Å². The maximum Gasteiger partial charge on any atom is 0.274 e. The Kier molecular flexibility index (Phi) is 27.7. The number of rotatable bonds is 16. The van der Waals surface area contributed by atoms with E-state index >= 15 is 4.39 Å². The maximum absolute atomic E-state index is 15.2. The Morgan fingerprint density at radius 3 is 1.10 bits per heavy atom. The topological polar surface area (TPSA) is 193 Å². The molecule has 2 N–H and O–H groups in total. The Morgan fingerprint density at radius 1 is 0.425 bits per heavy atom. The molecular formula is C101H93Cl5FN13O7. The van der Waals surface area contributed by atoms with Crippen LogP contribution in [0.4, 0.5) is 44.2 Å². The van der Waals surface area contributed by atoms with E-state index in [0.717, 1.165) is 22.3 Å². The number of halogens is 6. The van der Waals surface area contributed by atoms with Crippen molar-refractivity contribution < 1.29 is 23.6 Å². The molecule has 15 rings (SSSR count). The van der Waals surface area contributed by atoms with Crippen molar-refractivity contribution in [2.24, 2.45) is 0 Å². The van der Waals surface area contributed by atoms with Gasteiger partial charge in [-0.15, -0.1) is 0 Å².